The Bertz CT molecular complexity index is 1830. The van der Waals surface area contributed by atoms with E-state index < -0.39 is 36.0 Å². The van der Waals surface area contributed by atoms with Gasteiger partial charge in [-0.3, -0.25) is 29.1 Å². The Hall–Kier alpha value is -6.39. The maximum Gasteiger partial charge on any atom is 0.327 e. The molecule has 0 amide bonds. The molecule has 6 aromatic rings. The minimum absolute atomic E-state index is 0.269. The van der Waals surface area contributed by atoms with Crippen LogP contribution in [0.4, 0.5) is 0 Å². The molecule has 7 rings (SSSR count). The van der Waals surface area contributed by atoms with Gasteiger partial charge in [0.15, 0.2) is 0 Å². The number of rotatable bonds is 15. The minimum Gasteiger partial charge on any atom is -0.462 e. The number of ether oxygens (including phenoxy) is 3. The summed E-state index contributed by atoms with van der Waals surface area (Å²) in [6.07, 6.45) is 0. The van der Waals surface area contributed by atoms with Gasteiger partial charge in [-0.25, -0.2) is 0 Å². The zero-order valence-corrected chi connectivity index (χ0v) is 33.7. The largest absolute Gasteiger partial charge is 0.462 e. The third-order valence-corrected chi connectivity index (χ3v) is 10.7. The van der Waals surface area contributed by atoms with Crippen LogP contribution < -0.4 is 0 Å². The van der Waals surface area contributed by atoms with Gasteiger partial charge in [-0.15, -0.1) is 0 Å². The first kappa shape index (κ1) is 41.8. The molecule has 1 fully saturated rings. The van der Waals surface area contributed by atoms with Crippen LogP contribution in [-0.4, -0.2) is 70.6 Å². The molecule has 6 aromatic carbocycles. The molecule has 9 nitrogen and oxygen atoms in total. The highest BCUT2D eigenvalue weighted by Crippen LogP contribution is 2.22. The van der Waals surface area contributed by atoms with Crippen molar-refractivity contribution >= 4 is 17.9 Å². The summed E-state index contributed by atoms with van der Waals surface area (Å²) in [5.41, 5.74) is 5.87. The van der Waals surface area contributed by atoms with Crippen molar-refractivity contribution in [3.05, 3.63) is 215 Å². The van der Waals surface area contributed by atoms with Crippen molar-refractivity contribution < 1.29 is 28.6 Å². The Morgan fingerprint density at radius 1 is 0.300 bits per heavy atom. The summed E-state index contributed by atoms with van der Waals surface area (Å²) in [4.78, 5) is 49.8. The smallest absolute Gasteiger partial charge is 0.327 e. The molecule has 1 aliphatic rings. The first-order valence-electron chi connectivity index (χ1n) is 20.4. The summed E-state index contributed by atoms with van der Waals surface area (Å²) in [5, 5.41) is 0. The molecule has 0 radical (unpaired) electrons. The second-order valence-corrected chi connectivity index (χ2v) is 15.1. The van der Waals surface area contributed by atoms with Crippen molar-refractivity contribution in [3.63, 3.8) is 0 Å². The number of nitrogens with zero attached hydrogens (tertiary/aromatic N) is 3. The summed E-state index contributed by atoms with van der Waals surface area (Å²) in [7, 11) is 0. The predicted molar refractivity (Wildman–Crippen MR) is 231 cm³/mol. The third kappa shape index (κ3) is 12.1. The van der Waals surface area contributed by atoms with Gasteiger partial charge >= 0.3 is 17.9 Å². The van der Waals surface area contributed by atoms with Crippen LogP contribution in [0, 0.1) is 0 Å². The van der Waals surface area contributed by atoms with E-state index in [1.807, 2.05) is 197 Å². The fourth-order valence-electron chi connectivity index (χ4n) is 7.48. The SMILES string of the molecule is O=C1OC[C@H](N(Cc2ccccc2)Cc2ccccc2)C(=O)OC[C@H](N(Cc2ccccc2)Cc2ccccc2)C(=O)OC[C@@H]1N(Cc1ccccc1)Cc1ccccc1. The van der Waals surface area contributed by atoms with E-state index >= 15 is 0 Å². The second kappa shape index (κ2) is 21.6. The predicted octanol–water partition coefficient (Wildman–Crippen LogP) is 7.84. The molecule has 0 aromatic heterocycles. The molecule has 1 aliphatic heterocycles. The number of carbonyl (C=O) groups is 3. The van der Waals surface area contributed by atoms with Crippen molar-refractivity contribution in [1.82, 2.24) is 14.7 Å². The zero-order valence-electron chi connectivity index (χ0n) is 33.7. The molecule has 0 unspecified atom stereocenters. The molecule has 0 aliphatic carbocycles. The van der Waals surface area contributed by atoms with E-state index in [4.69, 9.17) is 14.2 Å². The molecule has 1 heterocycles. The van der Waals surface area contributed by atoms with Gasteiger partial charge in [0.2, 0.25) is 0 Å². The maximum absolute atomic E-state index is 14.6. The lowest BCUT2D eigenvalue weighted by molar-refractivity contribution is -0.170. The first-order valence-corrected chi connectivity index (χ1v) is 20.4. The van der Waals surface area contributed by atoms with Crippen molar-refractivity contribution in [1.29, 1.82) is 0 Å². The van der Waals surface area contributed by atoms with E-state index in [1.54, 1.807) is 0 Å². The number of benzene rings is 6. The molecule has 3 atom stereocenters. The number of hydrogen-bond acceptors (Lipinski definition) is 9. The standard InChI is InChI=1S/C51H51N3O6/c55-49-46(52(31-40-19-7-1-8-20-40)32-41-21-9-2-10-22-41)37-58-50(56)48(54(35-44-27-15-5-16-28-44)36-45-29-17-6-18-30-45)39-60-51(57)47(38-59-49)53(33-42-23-11-3-12-24-42)34-43-25-13-4-14-26-43/h1-30,46-48H,31-39H2/t46-,47-,48-/m0/s1. The Kier molecular flexibility index (Phi) is 15.0. The Morgan fingerprint density at radius 3 is 0.633 bits per heavy atom. The Morgan fingerprint density at radius 2 is 0.467 bits per heavy atom. The van der Waals surface area contributed by atoms with Gasteiger partial charge in [0.1, 0.15) is 37.9 Å². The number of carbonyl (C=O) groups excluding carboxylic acids is 3. The summed E-state index contributed by atoms with van der Waals surface area (Å²) in [6.45, 7) is 1.47. The molecule has 1 saturated heterocycles. The molecule has 0 spiro atoms. The summed E-state index contributed by atoms with van der Waals surface area (Å²) in [5.74, 6) is -1.81. The van der Waals surface area contributed by atoms with Crippen LogP contribution in [0.2, 0.25) is 0 Å². The average Bonchev–Trinajstić information content (AvgIpc) is 3.28. The number of cyclic esters (lactones) is 3. The van der Waals surface area contributed by atoms with Crippen LogP contribution in [-0.2, 0) is 67.9 Å². The van der Waals surface area contributed by atoms with Gasteiger partial charge in [-0.2, -0.15) is 0 Å². The van der Waals surface area contributed by atoms with Gasteiger partial charge < -0.3 is 14.2 Å². The quantitative estimate of drug-likeness (QED) is 0.0762. The Balaban J connectivity index is 1.27. The van der Waals surface area contributed by atoms with Crippen LogP contribution in [0.25, 0.3) is 0 Å². The van der Waals surface area contributed by atoms with Crippen LogP contribution in [0.3, 0.4) is 0 Å². The van der Waals surface area contributed by atoms with Crippen molar-refractivity contribution in [3.8, 4) is 0 Å². The summed E-state index contributed by atoms with van der Waals surface area (Å²) < 4.78 is 18.5. The number of esters is 3. The molecule has 0 saturated carbocycles. The first-order chi connectivity index (χ1) is 29.5. The van der Waals surface area contributed by atoms with Gasteiger partial charge in [0.05, 0.1) is 0 Å². The van der Waals surface area contributed by atoms with E-state index in [0.29, 0.717) is 39.3 Å². The van der Waals surface area contributed by atoms with Crippen molar-refractivity contribution in [2.75, 3.05) is 19.8 Å². The molecular weight excluding hydrogens is 751 g/mol. The molecule has 0 bridgehead atoms. The molecular formula is C51H51N3O6. The van der Waals surface area contributed by atoms with Gasteiger partial charge in [-0.1, -0.05) is 182 Å². The second-order valence-electron chi connectivity index (χ2n) is 15.1. The lowest BCUT2D eigenvalue weighted by atomic mass is 10.1. The fourth-order valence-corrected chi connectivity index (χ4v) is 7.48. The van der Waals surface area contributed by atoms with Gasteiger partial charge in [0.25, 0.3) is 0 Å². The van der Waals surface area contributed by atoms with E-state index in [9.17, 15) is 14.4 Å². The highest BCUT2D eigenvalue weighted by Gasteiger charge is 2.38. The van der Waals surface area contributed by atoms with Crippen LogP contribution in [0.5, 0.6) is 0 Å². The van der Waals surface area contributed by atoms with E-state index in [2.05, 4.69) is 0 Å². The Labute approximate surface area is 352 Å². The van der Waals surface area contributed by atoms with E-state index in [1.165, 1.54) is 0 Å². The van der Waals surface area contributed by atoms with Crippen LogP contribution >= 0.6 is 0 Å². The van der Waals surface area contributed by atoms with E-state index in [0.717, 1.165) is 33.4 Å². The minimum atomic E-state index is -1.00. The van der Waals surface area contributed by atoms with Crippen molar-refractivity contribution in [2.45, 2.75) is 57.4 Å². The highest BCUT2D eigenvalue weighted by molar-refractivity contribution is 5.81. The maximum atomic E-state index is 14.6. The zero-order chi connectivity index (χ0) is 41.4. The lowest BCUT2D eigenvalue weighted by Gasteiger charge is -2.35. The normalized spacial score (nSPS) is 17.6. The van der Waals surface area contributed by atoms with Crippen LogP contribution in [0.1, 0.15) is 33.4 Å². The molecule has 60 heavy (non-hydrogen) atoms. The molecule has 9 heteroatoms. The van der Waals surface area contributed by atoms with Gasteiger partial charge in [0, 0.05) is 39.3 Å². The molecule has 306 valence electrons. The summed E-state index contributed by atoms with van der Waals surface area (Å²) >= 11 is 0. The average molecular weight is 802 g/mol. The van der Waals surface area contributed by atoms with Crippen LogP contribution in [0.15, 0.2) is 182 Å². The monoisotopic (exact) mass is 801 g/mol. The topological polar surface area (TPSA) is 88.6 Å². The lowest BCUT2D eigenvalue weighted by Crippen LogP contribution is -2.52. The molecule has 0 N–H and O–H groups in total. The van der Waals surface area contributed by atoms with Gasteiger partial charge in [-0.05, 0) is 33.4 Å². The third-order valence-electron chi connectivity index (χ3n) is 10.7. The highest BCUT2D eigenvalue weighted by atomic mass is 16.6. The van der Waals surface area contributed by atoms with Crippen molar-refractivity contribution in [2.24, 2.45) is 0 Å². The number of hydrogen-bond donors (Lipinski definition) is 0. The summed E-state index contributed by atoms with van der Waals surface area (Å²) in [6, 6.07) is 56.2. The van der Waals surface area contributed by atoms with E-state index in [-0.39, 0.29) is 19.8 Å². The fraction of sp³-hybridized carbons (Fsp3) is 0.235.